The van der Waals surface area contributed by atoms with Crippen LogP contribution in [0.25, 0.3) is 0 Å². The first-order valence-corrected chi connectivity index (χ1v) is 3.95. The molecule has 0 atom stereocenters. The zero-order valence-corrected chi connectivity index (χ0v) is 7.61. The van der Waals surface area contributed by atoms with E-state index in [9.17, 15) is 0 Å². The number of hydrogen-bond acceptors (Lipinski definition) is 2. The molecule has 1 rings (SSSR count). The molecule has 0 aromatic carbocycles. The van der Waals surface area contributed by atoms with Crippen LogP contribution in [0.2, 0.25) is 0 Å². The van der Waals surface area contributed by atoms with Gasteiger partial charge in [0, 0.05) is 12.7 Å². The van der Waals surface area contributed by atoms with Crippen molar-refractivity contribution in [1.29, 1.82) is 0 Å². The van der Waals surface area contributed by atoms with Gasteiger partial charge in [-0.15, -0.1) is 19.2 Å². The highest BCUT2D eigenvalue weighted by molar-refractivity contribution is 8.11. The van der Waals surface area contributed by atoms with Gasteiger partial charge in [-0.3, -0.25) is 0 Å². The van der Waals surface area contributed by atoms with E-state index in [1.807, 2.05) is 10.8 Å². The first kappa shape index (κ1) is 8.49. The summed E-state index contributed by atoms with van der Waals surface area (Å²) in [5.74, 6) is 0. The summed E-state index contributed by atoms with van der Waals surface area (Å²) in [6.45, 7) is 4.36. The Kier molecular flexibility index (Phi) is 2.84. The fraction of sp³-hybridized carbons (Fsp3) is 0.143. The van der Waals surface area contributed by atoms with Crippen molar-refractivity contribution in [2.24, 2.45) is 0 Å². The molecule has 1 aromatic heterocycles. The molecule has 0 radical (unpaired) electrons. The molecule has 4 heteroatoms. The van der Waals surface area contributed by atoms with E-state index in [0.717, 1.165) is 12.2 Å². The number of thiol groups is 1. The average molecular weight is 184 g/mol. The number of nitrogens with zero attached hydrogens (tertiary/aromatic N) is 2. The van der Waals surface area contributed by atoms with Crippen LogP contribution in [0.4, 0.5) is 0 Å². The van der Waals surface area contributed by atoms with E-state index in [-0.39, 0.29) is 0 Å². The van der Waals surface area contributed by atoms with Crippen LogP contribution in [-0.2, 0) is 6.54 Å². The molecule has 0 aliphatic rings. The lowest BCUT2D eigenvalue weighted by molar-refractivity contribution is 0.822. The number of imidazole rings is 1. The van der Waals surface area contributed by atoms with Crippen LogP contribution in [0.1, 0.15) is 5.69 Å². The number of allylic oxidation sites excluding steroid dienone is 1. The Labute approximate surface area is 76.4 Å². The van der Waals surface area contributed by atoms with Crippen LogP contribution >= 0.6 is 24.8 Å². The van der Waals surface area contributed by atoms with Crippen molar-refractivity contribution in [3.05, 3.63) is 30.9 Å². The summed E-state index contributed by atoms with van der Waals surface area (Å²) >= 11 is 8.82. The van der Waals surface area contributed by atoms with Crippen molar-refractivity contribution in [3.63, 3.8) is 0 Å². The largest absolute Gasteiger partial charge is 0.333 e. The Hall–Kier alpha value is -0.610. The molecule has 2 nitrogen and oxygen atoms in total. The number of thiocarbonyl (C=S) groups is 1. The summed E-state index contributed by atoms with van der Waals surface area (Å²) < 4.78 is 2.41. The van der Waals surface area contributed by atoms with E-state index in [4.69, 9.17) is 12.2 Å². The zero-order valence-electron chi connectivity index (χ0n) is 5.90. The molecule has 0 saturated carbocycles. The Morgan fingerprint density at radius 2 is 2.64 bits per heavy atom. The number of hydrogen-bond donors (Lipinski definition) is 1. The first-order valence-electron chi connectivity index (χ1n) is 3.10. The Balaban J connectivity index is 2.81. The lowest BCUT2D eigenvalue weighted by atomic mass is 10.5. The third-order valence-corrected chi connectivity index (χ3v) is 1.63. The van der Waals surface area contributed by atoms with E-state index in [2.05, 4.69) is 24.2 Å². The molecule has 0 unspecified atom stereocenters. The van der Waals surface area contributed by atoms with Gasteiger partial charge in [-0.1, -0.05) is 18.3 Å². The summed E-state index contributed by atoms with van der Waals surface area (Å²) in [5, 5.41) is 0. The molecule has 58 valence electrons. The first-order chi connectivity index (χ1) is 5.24. The molecular formula is C7H8N2S2. The average Bonchev–Trinajstić information content (AvgIpc) is 2.37. The summed E-state index contributed by atoms with van der Waals surface area (Å²) in [7, 11) is 0. The van der Waals surface area contributed by atoms with Gasteiger partial charge in [0.15, 0.2) is 0 Å². The molecule has 0 aliphatic heterocycles. The second-order valence-corrected chi connectivity index (χ2v) is 3.21. The minimum Gasteiger partial charge on any atom is -0.333 e. The number of rotatable bonds is 3. The highest BCUT2D eigenvalue weighted by Crippen LogP contribution is 2.01. The van der Waals surface area contributed by atoms with Gasteiger partial charge < -0.3 is 4.57 Å². The van der Waals surface area contributed by atoms with E-state index >= 15 is 0 Å². The minimum absolute atomic E-state index is 0.521. The van der Waals surface area contributed by atoms with Crippen LogP contribution in [0.15, 0.2) is 25.2 Å². The maximum Gasteiger partial charge on any atom is 0.105 e. The highest BCUT2D eigenvalue weighted by atomic mass is 32.1. The smallest absolute Gasteiger partial charge is 0.105 e. The number of aromatic nitrogens is 2. The Morgan fingerprint density at radius 1 is 1.91 bits per heavy atom. The van der Waals surface area contributed by atoms with E-state index in [0.29, 0.717) is 4.20 Å². The molecule has 0 aliphatic carbocycles. The van der Waals surface area contributed by atoms with Gasteiger partial charge >= 0.3 is 0 Å². The van der Waals surface area contributed by atoms with Crippen LogP contribution in [-0.4, -0.2) is 13.7 Å². The molecule has 0 saturated heterocycles. The standard InChI is InChI=1S/C7H8N2S2/c1-2-3-9-4-6(7(10)11)8-5-9/h2,4-5H,1,3H2,(H,10,11). The maximum atomic E-state index is 4.82. The summed E-state index contributed by atoms with van der Waals surface area (Å²) in [4.78, 5) is 4.03. The van der Waals surface area contributed by atoms with Gasteiger partial charge in [0.1, 0.15) is 5.69 Å². The lowest BCUT2D eigenvalue weighted by Gasteiger charge is -1.91. The van der Waals surface area contributed by atoms with Crippen molar-refractivity contribution in [2.75, 3.05) is 0 Å². The zero-order chi connectivity index (χ0) is 8.27. The normalized spacial score (nSPS) is 9.55. The monoisotopic (exact) mass is 184 g/mol. The topological polar surface area (TPSA) is 17.8 Å². The SMILES string of the molecule is C=CCn1cnc(C(=S)S)c1. The molecule has 1 aromatic rings. The summed E-state index contributed by atoms with van der Waals surface area (Å²) in [6, 6.07) is 0. The minimum atomic E-state index is 0.521. The van der Waals surface area contributed by atoms with Crippen molar-refractivity contribution in [2.45, 2.75) is 6.54 Å². The third-order valence-electron chi connectivity index (χ3n) is 1.19. The predicted octanol–water partition coefficient (Wildman–Crippen LogP) is 1.67. The third kappa shape index (κ3) is 2.17. The van der Waals surface area contributed by atoms with Gasteiger partial charge in [-0.2, -0.15) is 0 Å². The van der Waals surface area contributed by atoms with Gasteiger partial charge in [-0.05, 0) is 0 Å². The van der Waals surface area contributed by atoms with Gasteiger partial charge in [0.2, 0.25) is 0 Å². The molecular weight excluding hydrogens is 176 g/mol. The molecule has 0 bridgehead atoms. The van der Waals surface area contributed by atoms with E-state index < -0.39 is 0 Å². The summed E-state index contributed by atoms with van der Waals surface area (Å²) in [6.07, 6.45) is 5.35. The van der Waals surface area contributed by atoms with Crippen molar-refractivity contribution < 1.29 is 0 Å². The van der Waals surface area contributed by atoms with Crippen LogP contribution in [0.3, 0.4) is 0 Å². The molecule has 0 fully saturated rings. The van der Waals surface area contributed by atoms with Gasteiger partial charge in [0.25, 0.3) is 0 Å². The van der Waals surface area contributed by atoms with Crippen molar-refractivity contribution in [1.82, 2.24) is 9.55 Å². The molecule has 0 N–H and O–H groups in total. The maximum absolute atomic E-state index is 4.82. The second-order valence-electron chi connectivity index (χ2n) is 2.05. The fourth-order valence-corrected chi connectivity index (χ4v) is 0.940. The molecule has 1 heterocycles. The molecule has 0 amide bonds. The predicted molar refractivity (Wildman–Crippen MR) is 53.1 cm³/mol. The second kappa shape index (κ2) is 3.69. The van der Waals surface area contributed by atoms with Crippen LogP contribution in [0, 0.1) is 0 Å². The molecule has 11 heavy (non-hydrogen) atoms. The quantitative estimate of drug-likeness (QED) is 0.437. The highest BCUT2D eigenvalue weighted by Gasteiger charge is 1.98. The Morgan fingerprint density at radius 3 is 3.09 bits per heavy atom. The lowest BCUT2D eigenvalue weighted by Crippen LogP contribution is -1.89. The van der Waals surface area contributed by atoms with E-state index in [1.54, 1.807) is 12.4 Å². The van der Waals surface area contributed by atoms with Crippen molar-refractivity contribution >= 4 is 29.0 Å². The van der Waals surface area contributed by atoms with Gasteiger partial charge in [0.05, 0.1) is 10.5 Å². The van der Waals surface area contributed by atoms with Crippen LogP contribution in [0.5, 0.6) is 0 Å². The van der Waals surface area contributed by atoms with Crippen LogP contribution < -0.4 is 0 Å². The fourth-order valence-electron chi connectivity index (χ4n) is 0.719. The van der Waals surface area contributed by atoms with Crippen molar-refractivity contribution in [3.8, 4) is 0 Å². The van der Waals surface area contributed by atoms with Gasteiger partial charge in [-0.25, -0.2) is 4.98 Å². The molecule has 0 spiro atoms. The summed E-state index contributed by atoms with van der Waals surface area (Å²) in [5.41, 5.74) is 0.741. The Bertz CT molecular complexity index is 278. The van der Waals surface area contributed by atoms with E-state index in [1.165, 1.54) is 0 Å².